The van der Waals surface area contributed by atoms with Crippen molar-refractivity contribution in [2.24, 2.45) is 5.14 Å². The number of amides is 1. The molecule has 0 saturated heterocycles. The van der Waals surface area contributed by atoms with Crippen molar-refractivity contribution in [1.82, 2.24) is 0 Å². The van der Waals surface area contributed by atoms with Crippen LogP contribution in [0.5, 0.6) is 0 Å². The molecule has 7 heteroatoms. The third kappa shape index (κ3) is 4.59. The van der Waals surface area contributed by atoms with Crippen LogP contribution < -0.4 is 10.5 Å². The Morgan fingerprint density at radius 2 is 1.68 bits per heavy atom. The molecular weight excluding hydrogens is 320 g/mol. The largest absolute Gasteiger partial charge is 0.325 e. The van der Waals surface area contributed by atoms with Gasteiger partial charge in [0.2, 0.25) is 15.9 Å². The SMILES string of the molecule is C[C@@H](Sc1ccccc1)C(=O)Nc1ccc(S(N)(=O)=O)cc1. The highest BCUT2D eigenvalue weighted by atomic mass is 32.2. The molecule has 0 heterocycles. The molecule has 0 unspecified atom stereocenters. The lowest BCUT2D eigenvalue weighted by Crippen LogP contribution is -2.22. The van der Waals surface area contributed by atoms with Gasteiger partial charge >= 0.3 is 0 Å². The maximum Gasteiger partial charge on any atom is 0.238 e. The lowest BCUT2D eigenvalue weighted by molar-refractivity contribution is -0.115. The number of thioether (sulfide) groups is 1. The zero-order valence-corrected chi connectivity index (χ0v) is 13.5. The highest BCUT2D eigenvalue weighted by Gasteiger charge is 2.15. The Kier molecular flexibility index (Phi) is 5.23. The van der Waals surface area contributed by atoms with E-state index in [0.717, 1.165) is 4.90 Å². The van der Waals surface area contributed by atoms with Gasteiger partial charge in [-0.3, -0.25) is 4.79 Å². The Morgan fingerprint density at radius 3 is 2.23 bits per heavy atom. The lowest BCUT2D eigenvalue weighted by atomic mass is 10.3. The lowest BCUT2D eigenvalue weighted by Gasteiger charge is -2.12. The van der Waals surface area contributed by atoms with Crippen molar-refractivity contribution in [1.29, 1.82) is 0 Å². The number of hydrogen-bond acceptors (Lipinski definition) is 4. The van der Waals surface area contributed by atoms with E-state index in [2.05, 4.69) is 5.32 Å². The van der Waals surface area contributed by atoms with Gasteiger partial charge in [0.15, 0.2) is 0 Å². The summed E-state index contributed by atoms with van der Waals surface area (Å²) >= 11 is 1.45. The number of carbonyl (C=O) groups excluding carboxylic acids is 1. The van der Waals surface area contributed by atoms with Gasteiger partial charge in [0.1, 0.15) is 0 Å². The summed E-state index contributed by atoms with van der Waals surface area (Å²) in [7, 11) is -3.72. The number of anilines is 1. The second kappa shape index (κ2) is 6.95. The van der Waals surface area contributed by atoms with Crippen molar-refractivity contribution in [3.8, 4) is 0 Å². The van der Waals surface area contributed by atoms with Gasteiger partial charge < -0.3 is 5.32 Å². The number of primary sulfonamides is 1. The summed E-state index contributed by atoms with van der Waals surface area (Å²) in [5.74, 6) is -0.155. The van der Waals surface area contributed by atoms with Crippen LogP contribution in [0.4, 0.5) is 5.69 Å². The average Bonchev–Trinajstić information content (AvgIpc) is 2.48. The number of sulfonamides is 1. The van der Waals surface area contributed by atoms with E-state index in [9.17, 15) is 13.2 Å². The first-order valence-electron chi connectivity index (χ1n) is 6.52. The normalized spacial score (nSPS) is 12.6. The van der Waals surface area contributed by atoms with Crippen molar-refractivity contribution < 1.29 is 13.2 Å². The second-order valence-electron chi connectivity index (χ2n) is 4.63. The van der Waals surface area contributed by atoms with Crippen LogP contribution in [0.15, 0.2) is 64.4 Å². The van der Waals surface area contributed by atoms with Gasteiger partial charge in [0.05, 0.1) is 10.1 Å². The summed E-state index contributed by atoms with van der Waals surface area (Å²) < 4.78 is 22.3. The van der Waals surface area contributed by atoms with Crippen molar-refractivity contribution in [2.75, 3.05) is 5.32 Å². The molecule has 2 aromatic rings. The number of carbonyl (C=O) groups is 1. The second-order valence-corrected chi connectivity index (χ2v) is 7.61. The number of nitrogens with two attached hydrogens (primary N) is 1. The Bertz CT molecular complexity index is 744. The van der Waals surface area contributed by atoms with Crippen LogP contribution >= 0.6 is 11.8 Å². The van der Waals surface area contributed by atoms with Gasteiger partial charge in [-0.15, -0.1) is 11.8 Å². The minimum absolute atomic E-state index is 0.0113. The van der Waals surface area contributed by atoms with Crippen LogP contribution in [0, 0.1) is 0 Å². The van der Waals surface area contributed by atoms with Gasteiger partial charge in [-0.2, -0.15) is 0 Å². The standard InChI is InChI=1S/C15H16N2O3S2/c1-11(21-13-5-3-2-4-6-13)15(18)17-12-7-9-14(10-8-12)22(16,19)20/h2-11H,1H3,(H,17,18)(H2,16,19,20)/t11-/m1/s1. The monoisotopic (exact) mass is 336 g/mol. The summed E-state index contributed by atoms with van der Waals surface area (Å²) in [6, 6.07) is 15.4. The molecule has 0 saturated carbocycles. The first-order chi connectivity index (χ1) is 10.4. The van der Waals surface area contributed by atoms with Crippen LogP contribution in [0.3, 0.4) is 0 Å². The minimum atomic E-state index is -3.72. The van der Waals surface area contributed by atoms with Crippen LogP contribution in [0.1, 0.15) is 6.92 Å². The van der Waals surface area contributed by atoms with Gasteiger partial charge in [0.25, 0.3) is 0 Å². The Hall–Kier alpha value is -1.83. The van der Waals surface area contributed by atoms with E-state index in [0.29, 0.717) is 5.69 Å². The molecular formula is C15H16N2O3S2. The molecule has 5 nitrogen and oxygen atoms in total. The number of rotatable bonds is 5. The van der Waals surface area contributed by atoms with Crippen molar-refractivity contribution in [3.63, 3.8) is 0 Å². The summed E-state index contributed by atoms with van der Waals surface area (Å²) in [5, 5.41) is 7.49. The predicted octanol–water partition coefficient (Wildman–Crippen LogP) is 2.45. The Labute approximate surface area is 134 Å². The molecule has 0 aliphatic carbocycles. The fourth-order valence-electron chi connectivity index (χ4n) is 1.73. The molecule has 1 atom stereocenters. The fraction of sp³-hybridized carbons (Fsp3) is 0.133. The maximum atomic E-state index is 12.1. The molecule has 0 bridgehead atoms. The Balaban J connectivity index is 1.99. The molecule has 116 valence electrons. The van der Waals surface area contributed by atoms with Crippen LogP contribution in [-0.2, 0) is 14.8 Å². The zero-order valence-electron chi connectivity index (χ0n) is 11.9. The van der Waals surface area contributed by atoms with E-state index in [-0.39, 0.29) is 16.1 Å². The van der Waals surface area contributed by atoms with Crippen LogP contribution in [0.2, 0.25) is 0 Å². The first kappa shape index (κ1) is 16.5. The molecule has 3 N–H and O–H groups in total. The third-order valence-electron chi connectivity index (χ3n) is 2.88. The van der Waals surface area contributed by atoms with Gasteiger partial charge in [-0.1, -0.05) is 18.2 Å². The van der Waals surface area contributed by atoms with Crippen molar-refractivity contribution >= 4 is 33.4 Å². The zero-order chi connectivity index (χ0) is 16.2. The summed E-state index contributed by atoms with van der Waals surface area (Å²) in [6.45, 7) is 1.81. The number of hydrogen-bond donors (Lipinski definition) is 2. The first-order valence-corrected chi connectivity index (χ1v) is 8.94. The molecule has 0 aliphatic heterocycles. The maximum absolute atomic E-state index is 12.1. The van der Waals surface area contributed by atoms with Crippen molar-refractivity contribution in [2.45, 2.75) is 22.0 Å². The Morgan fingerprint density at radius 1 is 1.09 bits per heavy atom. The van der Waals surface area contributed by atoms with E-state index in [1.165, 1.54) is 36.0 Å². The van der Waals surface area contributed by atoms with E-state index in [1.54, 1.807) is 0 Å². The van der Waals surface area contributed by atoms with E-state index >= 15 is 0 Å². The average molecular weight is 336 g/mol. The highest BCUT2D eigenvalue weighted by molar-refractivity contribution is 8.00. The van der Waals surface area contributed by atoms with Gasteiger partial charge in [-0.05, 0) is 43.3 Å². The fourth-order valence-corrected chi connectivity index (χ4v) is 3.13. The number of nitrogens with one attached hydrogen (secondary N) is 1. The summed E-state index contributed by atoms with van der Waals surface area (Å²) in [4.78, 5) is 13.1. The molecule has 2 aromatic carbocycles. The van der Waals surface area contributed by atoms with E-state index in [1.807, 2.05) is 37.3 Å². The van der Waals surface area contributed by atoms with Crippen LogP contribution in [-0.4, -0.2) is 19.6 Å². The molecule has 0 aromatic heterocycles. The quantitative estimate of drug-likeness (QED) is 0.821. The molecule has 2 rings (SSSR count). The minimum Gasteiger partial charge on any atom is -0.325 e. The molecule has 0 fully saturated rings. The molecule has 22 heavy (non-hydrogen) atoms. The molecule has 0 aliphatic rings. The van der Waals surface area contributed by atoms with E-state index < -0.39 is 10.0 Å². The smallest absolute Gasteiger partial charge is 0.238 e. The topological polar surface area (TPSA) is 89.3 Å². The third-order valence-corrected chi connectivity index (χ3v) is 4.92. The summed E-state index contributed by atoms with van der Waals surface area (Å²) in [6.07, 6.45) is 0. The summed E-state index contributed by atoms with van der Waals surface area (Å²) in [5.41, 5.74) is 0.526. The number of benzene rings is 2. The molecule has 0 spiro atoms. The molecule has 0 radical (unpaired) electrons. The predicted molar refractivity (Wildman–Crippen MR) is 88.2 cm³/mol. The van der Waals surface area contributed by atoms with E-state index in [4.69, 9.17) is 5.14 Å². The highest BCUT2D eigenvalue weighted by Crippen LogP contribution is 2.23. The van der Waals surface area contributed by atoms with Gasteiger partial charge in [0, 0.05) is 10.6 Å². The van der Waals surface area contributed by atoms with Crippen LogP contribution in [0.25, 0.3) is 0 Å². The van der Waals surface area contributed by atoms with Gasteiger partial charge in [-0.25, -0.2) is 13.6 Å². The van der Waals surface area contributed by atoms with Crippen molar-refractivity contribution in [3.05, 3.63) is 54.6 Å². The molecule has 1 amide bonds.